The highest BCUT2D eigenvalue weighted by atomic mass is 16.3. The second-order valence-corrected chi connectivity index (χ2v) is 5.65. The number of amides is 2. The number of hydrogen-bond acceptors (Lipinski definition) is 3. The standard InChI is InChI=1S/C17H24N2O3/c20-13-15-7-4-12-19(15)17(22)9-8-16(21)18-11-10-14-5-2-1-3-6-14/h1-3,5-6,15,20H,4,7-13H2,(H,18,21)/t15-/m0/s1. The van der Waals surface area contributed by atoms with Crippen LogP contribution < -0.4 is 5.32 Å². The monoisotopic (exact) mass is 304 g/mol. The first-order valence-corrected chi connectivity index (χ1v) is 7.91. The van der Waals surface area contributed by atoms with Crippen molar-refractivity contribution in [3.8, 4) is 0 Å². The predicted octanol–water partition coefficient (Wildman–Crippen LogP) is 1.11. The van der Waals surface area contributed by atoms with Gasteiger partial charge in [0, 0.05) is 25.9 Å². The van der Waals surface area contributed by atoms with Gasteiger partial charge in [-0.25, -0.2) is 0 Å². The molecule has 2 N–H and O–H groups in total. The summed E-state index contributed by atoms with van der Waals surface area (Å²) in [7, 11) is 0. The third-order valence-corrected chi connectivity index (χ3v) is 4.05. The molecule has 120 valence electrons. The highest BCUT2D eigenvalue weighted by Gasteiger charge is 2.27. The van der Waals surface area contributed by atoms with E-state index in [1.807, 2.05) is 30.3 Å². The van der Waals surface area contributed by atoms with Gasteiger partial charge in [-0.15, -0.1) is 0 Å². The van der Waals surface area contributed by atoms with Crippen LogP contribution in [0.25, 0.3) is 0 Å². The van der Waals surface area contributed by atoms with Crippen molar-refractivity contribution in [1.82, 2.24) is 10.2 Å². The molecule has 1 atom stereocenters. The van der Waals surface area contributed by atoms with Gasteiger partial charge in [0.2, 0.25) is 11.8 Å². The van der Waals surface area contributed by atoms with Crippen LogP contribution >= 0.6 is 0 Å². The maximum atomic E-state index is 12.0. The minimum absolute atomic E-state index is 0.00894. The van der Waals surface area contributed by atoms with E-state index in [2.05, 4.69) is 5.32 Å². The minimum atomic E-state index is -0.0935. The van der Waals surface area contributed by atoms with E-state index in [1.54, 1.807) is 4.90 Å². The molecule has 2 rings (SSSR count). The molecule has 1 fully saturated rings. The Labute approximate surface area is 131 Å². The molecule has 2 amide bonds. The Bertz CT molecular complexity index is 490. The Morgan fingerprint density at radius 1 is 1.23 bits per heavy atom. The lowest BCUT2D eigenvalue weighted by Gasteiger charge is -2.22. The minimum Gasteiger partial charge on any atom is -0.394 e. The van der Waals surface area contributed by atoms with Gasteiger partial charge >= 0.3 is 0 Å². The fourth-order valence-corrected chi connectivity index (χ4v) is 2.80. The van der Waals surface area contributed by atoms with Crippen LogP contribution in [0.2, 0.25) is 0 Å². The smallest absolute Gasteiger partial charge is 0.223 e. The van der Waals surface area contributed by atoms with Crippen molar-refractivity contribution in [3.63, 3.8) is 0 Å². The van der Waals surface area contributed by atoms with E-state index in [4.69, 9.17) is 0 Å². The third kappa shape index (κ3) is 4.84. The molecule has 1 aliphatic rings. The average molecular weight is 304 g/mol. The Kier molecular flexibility index (Phi) is 6.40. The Morgan fingerprint density at radius 3 is 2.73 bits per heavy atom. The number of carbonyl (C=O) groups excluding carboxylic acids is 2. The Hall–Kier alpha value is -1.88. The molecule has 1 heterocycles. The molecule has 0 bridgehead atoms. The average Bonchev–Trinajstić information content (AvgIpc) is 3.02. The molecule has 5 nitrogen and oxygen atoms in total. The topological polar surface area (TPSA) is 69.6 Å². The molecule has 0 aliphatic carbocycles. The van der Waals surface area contributed by atoms with E-state index in [0.717, 1.165) is 19.3 Å². The number of benzene rings is 1. The molecular formula is C17H24N2O3. The molecule has 0 radical (unpaired) electrons. The second kappa shape index (κ2) is 8.54. The summed E-state index contributed by atoms with van der Waals surface area (Å²) in [6.07, 6.45) is 3.00. The van der Waals surface area contributed by atoms with Crippen molar-refractivity contribution >= 4 is 11.8 Å². The van der Waals surface area contributed by atoms with Crippen LogP contribution in [-0.2, 0) is 16.0 Å². The molecule has 1 saturated heterocycles. The summed E-state index contributed by atoms with van der Waals surface area (Å²) < 4.78 is 0. The number of nitrogens with zero attached hydrogens (tertiary/aromatic N) is 1. The van der Waals surface area contributed by atoms with Crippen LogP contribution in [0.4, 0.5) is 0 Å². The van der Waals surface area contributed by atoms with Gasteiger partial charge in [-0.2, -0.15) is 0 Å². The van der Waals surface area contributed by atoms with E-state index in [9.17, 15) is 14.7 Å². The number of rotatable bonds is 7. The van der Waals surface area contributed by atoms with Crippen LogP contribution in [0.15, 0.2) is 30.3 Å². The number of hydrogen-bond donors (Lipinski definition) is 2. The van der Waals surface area contributed by atoms with Gasteiger partial charge in [-0.05, 0) is 24.8 Å². The van der Waals surface area contributed by atoms with Gasteiger partial charge in [0.25, 0.3) is 0 Å². The zero-order valence-electron chi connectivity index (χ0n) is 12.8. The summed E-state index contributed by atoms with van der Waals surface area (Å²) in [6.45, 7) is 1.29. The van der Waals surface area contributed by atoms with Crippen molar-refractivity contribution in [1.29, 1.82) is 0 Å². The van der Waals surface area contributed by atoms with Crippen LogP contribution in [-0.4, -0.2) is 47.6 Å². The summed E-state index contributed by atoms with van der Waals surface area (Å²) in [4.78, 5) is 25.5. The zero-order chi connectivity index (χ0) is 15.8. The van der Waals surface area contributed by atoms with Crippen molar-refractivity contribution in [2.45, 2.75) is 38.1 Å². The van der Waals surface area contributed by atoms with Crippen molar-refractivity contribution in [2.75, 3.05) is 19.7 Å². The van der Waals surface area contributed by atoms with E-state index >= 15 is 0 Å². The van der Waals surface area contributed by atoms with E-state index in [1.165, 1.54) is 5.56 Å². The normalized spacial score (nSPS) is 17.5. The van der Waals surface area contributed by atoms with Crippen molar-refractivity contribution in [3.05, 3.63) is 35.9 Å². The number of nitrogens with one attached hydrogen (secondary N) is 1. The molecule has 5 heteroatoms. The summed E-state index contributed by atoms with van der Waals surface area (Å²) in [5.41, 5.74) is 1.18. The number of carbonyl (C=O) groups is 2. The third-order valence-electron chi connectivity index (χ3n) is 4.05. The van der Waals surface area contributed by atoms with Crippen molar-refractivity contribution < 1.29 is 14.7 Å². The highest BCUT2D eigenvalue weighted by molar-refractivity contribution is 5.84. The van der Waals surface area contributed by atoms with Crippen molar-refractivity contribution in [2.24, 2.45) is 0 Å². The van der Waals surface area contributed by atoms with Gasteiger partial charge in [-0.1, -0.05) is 30.3 Å². The largest absolute Gasteiger partial charge is 0.394 e. The van der Waals surface area contributed by atoms with Crippen LogP contribution in [0.1, 0.15) is 31.2 Å². The van der Waals surface area contributed by atoms with Crippen LogP contribution in [0, 0.1) is 0 Å². The first-order chi connectivity index (χ1) is 10.7. The summed E-state index contributed by atoms with van der Waals surface area (Å²) in [6, 6.07) is 9.91. The summed E-state index contributed by atoms with van der Waals surface area (Å²) in [5.74, 6) is -0.126. The lowest BCUT2D eigenvalue weighted by atomic mass is 10.1. The van der Waals surface area contributed by atoms with Gasteiger partial charge in [0.1, 0.15) is 0 Å². The van der Waals surface area contributed by atoms with Crippen LogP contribution in [0.5, 0.6) is 0 Å². The molecule has 0 saturated carbocycles. The number of aliphatic hydroxyl groups excluding tert-OH is 1. The van der Waals surface area contributed by atoms with Gasteiger partial charge in [0.15, 0.2) is 0 Å². The molecule has 0 unspecified atom stereocenters. The predicted molar refractivity (Wildman–Crippen MR) is 84.2 cm³/mol. The second-order valence-electron chi connectivity index (χ2n) is 5.65. The number of aliphatic hydroxyl groups is 1. The van der Waals surface area contributed by atoms with E-state index in [-0.39, 0.29) is 37.3 Å². The van der Waals surface area contributed by atoms with Gasteiger partial charge in [-0.3, -0.25) is 9.59 Å². The number of likely N-dealkylation sites (tertiary alicyclic amines) is 1. The maximum absolute atomic E-state index is 12.0. The van der Waals surface area contributed by atoms with E-state index in [0.29, 0.717) is 13.1 Å². The molecule has 0 spiro atoms. The Balaban J connectivity index is 1.64. The molecule has 22 heavy (non-hydrogen) atoms. The lowest BCUT2D eigenvalue weighted by Crippen LogP contribution is -2.38. The molecule has 1 aliphatic heterocycles. The Morgan fingerprint density at radius 2 is 2.00 bits per heavy atom. The van der Waals surface area contributed by atoms with Gasteiger partial charge < -0.3 is 15.3 Å². The fraction of sp³-hybridized carbons (Fsp3) is 0.529. The highest BCUT2D eigenvalue weighted by Crippen LogP contribution is 2.17. The molecule has 1 aromatic rings. The maximum Gasteiger partial charge on any atom is 0.223 e. The van der Waals surface area contributed by atoms with E-state index < -0.39 is 0 Å². The van der Waals surface area contributed by atoms with Gasteiger partial charge in [0.05, 0.1) is 12.6 Å². The fourth-order valence-electron chi connectivity index (χ4n) is 2.80. The first-order valence-electron chi connectivity index (χ1n) is 7.91. The summed E-state index contributed by atoms with van der Waals surface area (Å²) >= 11 is 0. The zero-order valence-corrected chi connectivity index (χ0v) is 12.8. The first kappa shape index (κ1) is 16.5. The molecular weight excluding hydrogens is 280 g/mol. The summed E-state index contributed by atoms with van der Waals surface area (Å²) in [5, 5.41) is 12.1. The molecule has 0 aromatic heterocycles. The molecule has 1 aromatic carbocycles. The lowest BCUT2D eigenvalue weighted by molar-refractivity contribution is -0.134. The quantitative estimate of drug-likeness (QED) is 0.793. The van der Waals surface area contributed by atoms with Crippen LogP contribution in [0.3, 0.4) is 0 Å². The SMILES string of the molecule is O=C(CCC(=O)N1CCC[C@H]1CO)NCCc1ccccc1.